The zero-order valence-corrected chi connectivity index (χ0v) is 13.0. The van der Waals surface area contributed by atoms with Crippen LogP contribution < -0.4 is 17.0 Å². The van der Waals surface area contributed by atoms with Gasteiger partial charge in [-0.1, -0.05) is 0 Å². The van der Waals surface area contributed by atoms with Gasteiger partial charge in [-0.05, 0) is 15.9 Å². The highest BCUT2D eigenvalue weighted by Gasteiger charge is 2.28. The topological polar surface area (TPSA) is 137 Å². The number of halogens is 2. The Morgan fingerprint density at radius 2 is 1.39 bits per heavy atom. The third-order valence-corrected chi connectivity index (χ3v) is 4.80. The van der Waals surface area contributed by atoms with Gasteiger partial charge in [0.15, 0.2) is 4.98 Å². The van der Waals surface area contributed by atoms with Crippen LogP contribution in [0.25, 0.3) is 4.98 Å². The summed E-state index contributed by atoms with van der Waals surface area (Å²) in [7, 11) is -9.48. The van der Waals surface area contributed by atoms with Gasteiger partial charge in [0.05, 0.1) is 16.6 Å². The second-order valence-corrected chi connectivity index (χ2v) is 6.38. The van der Waals surface area contributed by atoms with Crippen molar-refractivity contribution in [3.63, 3.8) is 0 Å². The molecule has 0 heterocycles. The van der Waals surface area contributed by atoms with Crippen LogP contribution in [-0.4, -0.2) is 25.9 Å². The molecule has 0 aliphatic carbocycles. The fraction of sp³-hybridized carbons (Fsp3) is 0. The molecule has 18 heavy (non-hydrogen) atoms. The molecule has 0 radical (unpaired) electrons. The van der Waals surface area contributed by atoms with E-state index in [9.17, 15) is 16.8 Å². The summed E-state index contributed by atoms with van der Waals surface area (Å²) in [5.41, 5.74) is -0.464. The predicted octanol–water partition coefficient (Wildman–Crippen LogP) is -1.57. The van der Waals surface area contributed by atoms with E-state index in [4.69, 9.17) is 14.5 Å². The second kappa shape index (κ2) is 5.59. The van der Waals surface area contributed by atoms with Crippen LogP contribution in [0.15, 0.2) is 26.4 Å². The van der Waals surface area contributed by atoms with Gasteiger partial charge in [-0.25, -0.2) is 0 Å². The van der Waals surface area contributed by atoms with E-state index < -0.39 is 40.2 Å². The second-order valence-electron chi connectivity index (χ2n) is 2.81. The molecule has 0 saturated carbocycles. The minimum absolute atomic E-state index is 0. The van der Waals surface area contributed by atoms with Crippen molar-refractivity contribution in [3.8, 4) is 0 Å². The van der Waals surface area contributed by atoms with Gasteiger partial charge >= 0.3 is 5.69 Å². The number of benzene rings is 1. The fourth-order valence-electron chi connectivity index (χ4n) is 0.992. The highest BCUT2D eigenvalue weighted by atomic mass is 79.9. The van der Waals surface area contributed by atoms with E-state index in [0.717, 1.165) is 0 Å². The van der Waals surface area contributed by atoms with Crippen molar-refractivity contribution in [3.05, 3.63) is 21.6 Å². The van der Waals surface area contributed by atoms with Gasteiger partial charge in [0.2, 0.25) is 5.39 Å². The minimum atomic E-state index is -4.74. The molecule has 0 saturated heterocycles. The zero-order valence-electron chi connectivity index (χ0n) is 8.15. The third-order valence-electron chi connectivity index (χ3n) is 1.66. The molecule has 12 heteroatoms. The Kier molecular flexibility index (Phi) is 5.41. The van der Waals surface area contributed by atoms with Crippen molar-refractivity contribution in [1.29, 1.82) is 5.39 Å². The van der Waals surface area contributed by atoms with Crippen LogP contribution in [0, 0.1) is 5.39 Å². The number of hydrogen-bond acceptors (Lipinski definition) is 5. The van der Waals surface area contributed by atoms with E-state index in [1.165, 1.54) is 0 Å². The average molecular weight is 424 g/mol. The maximum atomic E-state index is 10.9. The minimum Gasteiger partial charge on any atom is -1.00 e. The van der Waals surface area contributed by atoms with E-state index in [2.05, 4.69) is 20.9 Å². The molecule has 1 rings (SSSR count). The largest absolute Gasteiger partial charge is 1.00 e. The monoisotopic (exact) mass is 422 g/mol. The van der Waals surface area contributed by atoms with Crippen molar-refractivity contribution in [2.75, 3.05) is 0 Å². The predicted molar refractivity (Wildman–Crippen MR) is 58.5 cm³/mol. The molecule has 0 aliphatic heterocycles. The number of nitrogens with zero attached hydrogens (tertiary/aromatic N) is 2. The molecule has 0 aromatic heterocycles. The van der Waals surface area contributed by atoms with E-state index >= 15 is 0 Å². The van der Waals surface area contributed by atoms with E-state index in [1.54, 1.807) is 0 Å². The van der Waals surface area contributed by atoms with Gasteiger partial charge in [0.1, 0.15) is 9.79 Å². The third kappa shape index (κ3) is 3.70. The molecule has 0 spiro atoms. The normalized spacial score (nSPS) is 11.4. The lowest BCUT2D eigenvalue weighted by atomic mass is 10.3. The van der Waals surface area contributed by atoms with Gasteiger partial charge < -0.3 is 17.0 Å². The molecule has 1 aromatic rings. The summed E-state index contributed by atoms with van der Waals surface area (Å²) in [5.74, 6) is 0. The first-order chi connectivity index (χ1) is 7.57. The first-order valence-corrected chi connectivity index (χ1v) is 7.38. The quantitative estimate of drug-likeness (QED) is 0.433. The zero-order chi connectivity index (χ0) is 13.4. The Labute approximate surface area is 121 Å². The van der Waals surface area contributed by atoms with Crippen molar-refractivity contribution >= 4 is 41.9 Å². The average Bonchev–Trinajstić information content (AvgIpc) is 2.14. The molecule has 0 aliphatic rings. The molecule has 100 valence electrons. The summed E-state index contributed by atoms with van der Waals surface area (Å²) < 4.78 is 60.8. The smallest absolute Gasteiger partial charge is 0.387 e. The Balaban J connectivity index is 0.00000289. The lowest BCUT2D eigenvalue weighted by molar-refractivity contribution is -0.0000119. The molecule has 0 unspecified atom stereocenters. The molecular weight excluding hydrogens is 420 g/mol. The van der Waals surface area contributed by atoms with Crippen LogP contribution in [0.2, 0.25) is 0 Å². The highest BCUT2D eigenvalue weighted by Crippen LogP contribution is 2.33. The number of diazo groups is 1. The van der Waals surface area contributed by atoms with Crippen LogP contribution in [0.1, 0.15) is 0 Å². The number of hydrogen-bond donors (Lipinski definition) is 2. The standard InChI is InChI=1S/C6H3BrN2O6S2.BrH/c7-6-4(16(10,11)12)1-3(9-8)2-5(6)17(13,14)15;/h1-2H,(H-,10,11,12,13,14,15);1H. The van der Waals surface area contributed by atoms with Crippen LogP contribution in [-0.2, 0) is 20.2 Å². The van der Waals surface area contributed by atoms with Crippen LogP contribution >= 0.6 is 15.9 Å². The van der Waals surface area contributed by atoms with Gasteiger partial charge in [0.25, 0.3) is 20.2 Å². The molecular formula is C6H4Br2N2O6S2. The summed E-state index contributed by atoms with van der Waals surface area (Å²) in [4.78, 5) is 0.894. The van der Waals surface area contributed by atoms with Gasteiger partial charge in [0, 0.05) is 0 Å². The lowest BCUT2D eigenvalue weighted by Gasteiger charge is -2.03. The van der Waals surface area contributed by atoms with Crippen molar-refractivity contribution < 1.29 is 42.9 Å². The summed E-state index contributed by atoms with van der Waals surface area (Å²) in [6, 6.07) is 1.43. The first kappa shape index (κ1) is 17.4. The SMILES string of the molecule is N#[N+]c1cc(S(=O)(=O)O)c(Br)c(S(=O)(=O)O)c1.[Br-]. The van der Waals surface area contributed by atoms with Crippen molar-refractivity contribution in [1.82, 2.24) is 0 Å². The Bertz CT molecular complexity index is 668. The molecule has 8 nitrogen and oxygen atoms in total. The summed E-state index contributed by atoms with van der Waals surface area (Å²) in [5, 5.41) is 8.47. The summed E-state index contributed by atoms with van der Waals surface area (Å²) >= 11 is 2.61. The Hall–Kier alpha value is -0.580. The lowest BCUT2D eigenvalue weighted by Crippen LogP contribution is -3.00. The van der Waals surface area contributed by atoms with E-state index in [0.29, 0.717) is 12.1 Å². The van der Waals surface area contributed by atoms with Crippen LogP contribution in [0.5, 0.6) is 0 Å². The maximum Gasteiger partial charge on any atom is 0.387 e. The molecule has 0 amide bonds. The summed E-state index contributed by atoms with van der Waals surface area (Å²) in [6.07, 6.45) is 0. The van der Waals surface area contributed by atoms with Gasteiger partial charge in [-0.3, -0.25) is 9.11 Å². The molecule has 0 atom stereocenters. The van der Waals surface area contributed by atoms with E-state index in [1.807, 2.05) is 0 Å². The van der Waals surface area contributed by atoms with Crippen LogP contribution in [0.3, 0.4) is 0 Å². The van der Waals surface area contributed by atoms with E-state index in [-0.39, 0.29) is 17.0 Å². The molecule has 0 fully saturated rings. The fourth-order valence-corrected chi connectivity index (χ4v) is 3.72. The highest BCUT2D eigenvalue weighted by molar-refractivity contribution is 9.10. The Morgan fingerprint density at radius 1 is 1.06 bits per heavy atom. The molecule has 1 aromatic carbocycles. The molecule has 0 bridgehead atoms. The van der Waals surface area contributed by atoms with Crippen LogP contribution in [0.4, 0.5) is 5.69 Å². The van der Waals surface area contributed by atoms with Gasteiger partial charge in [-0.15, -0.1) is 0 Å². The molecule has 2 N–H and O–H groups in total. The van der Waals surface area contributed by atoms with Gasteiger partial charge in [-0.2, -0.15) is 16.8 Å². The maximum absolute atomic E-state index is 10.9. The van der Waals surface area contributed by atoms with Crippen molar-refractivity contribution in [2.45, 2.75) is 9.79 Å². The van der Waals surface area contributed by atoms with Crippen molar-refractivity contribution in [2.24, 2.45) is 0 Å². The first-order valence-electron chi connectivity index (χ1n) is 3.71. The number of rotatable bonds is 2. The Morgan fingerprint density at radius 3 is 1.61 bits per heavy atom. The summed E-state index contributed by atoms with van der Waals surface area (Å²) in [6.45, 7) is 0.